The van der Waals surface area contributed by atoms with Crippen LogP contribution in [-0.4, -0.2) is 24.0 Å². The molecule has 0 atom stereocenters. The van der Waals surface area contributed by atoms with Crippen LogP contribution < -0.4 is 10.6 Å². The van der Waals surface area contributed by atoms with Crippen molar-refractivity contribution in [2.75, 3.05) is 12.4 Å². The summed E-state index contributed by atoms with van der Waals surface area (Å²) in [6.45, 7) is 0.307. The number of halogens is 1. The van der Waals surface area contributed by atoms with Gasteiger partial charge in [-0.3, -0.25) is 9.78 Å². The molecule has 0 aliphatic rings. The van der Waals surface area contributed by atoms with E-state index in [0.29, 0.717) is 34.1 Å². The van der Waals surface area contributed by atoms with E-state index in [1.54, 1.807) is 42.6 Å². The lowest BCUT2D eigenvalue weighted by molar-refractivity contribution is 0.0601. The number of nitrogens with zero attached hydrogens (tertiary/aromatic N) is 1. The fraction of sp³-hybridized carbons (Fsp3) is 0.0952. The highest BCUT2D eigenvalue weighted by atomic mass is 35.5. The van der Waals surface area contributed by atoms with Crippen LogP contribution in [0.15, 0.2) is 67.0 Å². The van der Waals surface area contributed by atoms with Gasteiger partial charge in [0, 0.05) is 17.8 Å². The molecule has 0 aliphatic heterocycles. The number of hydrogen-bond acceptors (Lipinski definition) is 5. The van der Waals surface area contributed by atoms with Crippen molar-refractivity contribution < 1.29 is 14.3 Å². The van der Waals surface area contributed by atoms with Gasteiger partial charge in [-0.25, -0.2) is 4.79 Å². The fourth-order valence-electron chi connectivity index (χ4n) is 2.59. The first-order valence-electron chi connectivity index (χ1n) is 8.49. The molecule has 7 heteroatoms. The van der Waals surface area contributed by atoms with E-state index in [4.69, 9.17) is 16.3 Å². The zero-order chi connectivity index (χ0) is 19.9. The Morgan fingerprint density at radius 1 is 1.07 bits per heavy atom. The normalized spacial score (nSPS) is 10.2. The fourth-order valence-corrected chi connectivity index (χ4v) is 2.79. The number of nitrogens with one attached hydrogen (secondary N) is 2. The first kappa shape index (κ1) is 19.4. The second-order valence-corrected chi connectivity index (χ2v) is 6.31. The summed E-state index contributed by atoms with van der Waals surface area (Å²) in [6.07, 6.45) is 3.04. The van der Waals surface area contributed by atoms with E-state index >= 15 is 0 Å². The third kappa shape index (κ3) is 4.66. The third-order valence-corrected chi connectivity index (χ3v) is 4.38. The van der Waals surface area contributed by atoms with Crippen LogP contribution in [0.25, 0.3) is 0 Å². The zero-order valence-corrected chi connectivity index (χ0v) is 15.9. The molecule has 2 N–H and O–H groups in total. The van der Waals surface area contributed by atoms with Gasteiger partial charge in [-0.1, -0.05) is 41.9 Å². The van der Waals surface area contributed by atoms with Gasteiger partial charge < -0.3 is 15.4 Å². The number of benzene rings is 2. The molecule has 3 rings (SSSR count). The van der Waals surface area contributed by atoms with Crippen molar-refractivity contribution in [1.82, 2.24) is 10.3 Å². The van der Waals surface area contributed by atoms with E-state index in [2.05, 4.69) is 15.6 Å². The van der Waals surface area contributed by atoms with Gasteiger partial charge in [0.25, 0.3) is 5.91 Å². The number of anilines is 2. The number of hydrogen-bond donors (Lipinski definition) is 2. The minimum Gasteiger partial charge on any atom is -0.465 e. The van der Waals surface area contributed by atoms with Crippen molar-refractivity contribution in [3.05, 3.63) is 88.7 Å². The Hall–Kier alpha value is -3.38. The molecule has 1 amide bonds. The van der Waals surface area contributed by atoms with Crippen LogP contribution in [0.2, 0.25) is 5.02 Å². The first-order chi connectivity index (χ1) is 13.6. The number of carbonyl (C=O) groups excluding carboxylic acids is 2. The maximum Gasteiger partial charge on any atom is 0.339 e. The largest absolute Gasteiger partial charge is 0.465 e. The SMILES string of the molecule is COC(=O)c1ccccc1Nc1cncc(C(=O)NCc2ccccc2Cl)c1. The highest BCUT2D eigenvalue weighted by Gasteiger charge is 2.12. The predicted molar refractivity (Wildman–Crippen MR) is 108 cm³/mol. The van der Waals surface area contributed by atoms with Crippen molar-refractivity contribution in [1.29, 1.82) is 0 Å². The van der Waals surface area contributed by atoms with Crippen molar-refractivity contribution in [2.45, 2.75) is 6.54 Å². The highest BCUT2D eigenvalue weighted by molar-refractivity contribution is 6.31. The summed E-state index contributed by atoms with van der Waals surface area (Å²) in [6, 6.07) is 15.9. The van der Waals surface area contributed by atoms with Crippen LogP contribution >= 0.6 is 11.6 Å². The van der Waals surface area contributed by atoms with Crippen molar-refractivity contribution in [3.63, 3.8) is 0 Å². The molecule has 1 heterocycles. The number of amides is 1. The van der Waals surface area contributed by atoms with Gasteiger partial charge in [0.05, 0.1) is 35.8 Å². The molecule has 0 spiro atoms. The molecule has 0 saturated carbocycles. The van der Waals surface area contributed by atoms with Gasteiger partial charge in [0.2, 0.25) is 0 Å². The monoisotopic (exact) mass is 395 g/mol. The molecule has 0 bridgehead atoms. The molecule has 3 aromatic rings. The van der Waals surface area contributed by atoms with Gasteiger partial charge in [-0.05, 0) is 29.8 Å². The summed E-state index contributed by atoms with van der Waals surface area (Å²) in [5, 5.41) is 6.52. The maximum atomic E-state index is 12.5. The Kier molecular flexibility index (Phi) is 6.24. The van der Waals surface area contributed by atoms with Gasteiger partial charge in [0.1, 0.15) is 0 Å². The minimum atomic E-state index is -0.454. The average molecular weight is 396 g/mol. The van der Waals surface area contributed by atoms with Gasteiger partial charge in [0.15, 0.2) is 0 Å². The van der Waals surface area contributed by atoms with Crippen molar-refractivity contribution in [3.8, 4) is 0 Å². The molecule has 2 aromatic carbocycles. The van der Waals surface area contributed by atoms with E-state index in [0.717, 1.165) is 5.56 Å². The molecule has 0 radical (unpaired) electrons. The number of methoxy groups -OCH3 is 1. The smallest absolute Gasteiger partial charge is 0.339 e. The van der Waals surface area contributed by atoms with E-state index in [1.165, 1.54) is 13.3 Å². The van der Waals surface area contributed by atoms with Crippen LogP contribution in [-0.2, 0) is 11.3 Å². The lowest BCUT2D eigenvalue weighted by Gasteiger charge is -2.11. The first-order valence-corrected chi connectivity index (χ1v) is 8.87. The molecule has 0 aliphatic carbocycles. The van der Waals surface area contributed by atoms with Crippen LogP contribution in [0.1, 0.15) is 26.3 Å². The molecule has 0 unspecified atom stereocenters. The molecule has 0 fully saturated rings. The molecule has 142 valence electrons. The second kappa shape index (κ2) is 9.01. The van der Waals surface area contributed by atoms with E-state index in [-0.39, 0.29) is 5.91 Å². The summed E-state index contributed by atoms with van der Waals surface area (Å²) >= 11 is 6.11. The molecule has 1 aromatic heterocycles. The minimum absolute atomic E-state index is 0.280. The number of para-hydroxylation sites is 1. The molecular weight excluding hydrogens is 378 g/mol. The van der Waals surface area contributed by atoms with Crippen molar-refractivity contribution in [2.24, 2.45) is 0 Å². The Bertz CT molecular complexity index is 1010. The summed E-state index contributed by atoms with van der Waals surface area (Å²) in [5.41, 5.74) is 2.73. The third-order valence-electron chi connectivity index (χ3n) is 4.01. The predicted octanol–water partition coefficient (Wildman–Crippen LogP) is 4.20. The molecule has 6 nitrogen and oxygen atoms in total. The Morgan fingerprint density at radius 2 is 1.82 bits per heavy atom. The average Bonchev–Trinajstić information content (AvgIpc) is 2.73. The van der Waals surface area contributed by atoms with E-state index < -0.39 is 5.97 Å². The van der Waals surface area contributed by atoms with Gasteiger partial charge in [-0.2, -0.15) is 0 Å². The number of esters is 1. The van der Waals surface area contributed by atoms with E-state index in [1.807, 2.05) is 18.2 Å². The van der Waals surface area contributed by atoms with Gasteiger partial charge in [-0.15, -0.1) is 0 Å². The van der Waals surface area contributed by atoms with Crippen LogP contribution in [0.3, 0.4) is 0 Å². The van der Waals surface area contributed by atoms with Crippen LogP contribution in [0.5, 0.6) is 0 Å². The topological polar surface area (TPSA) is 80.3 Å². The number of pyridine rings is 1. The summed E-state index contributed by atoms with van der Waals surface area (Å²) in [7, 11) is 1.32. The molecule has 0 saturated heterocycles. The zero-order valence-electron chi connectivity index (χ0n) is 15.1. The number of aromatic nitrogens is 1. The number of ether oxygens (including phenoxy) is 1. The number of rotatable bonds is 6. The summed E-state index contributed by atoms with van der Waals surface area (Å²) in [4.78, 5) is 28.5. The summed E-state index contributed by atoms with van der Waals surface area (Å²) < 4.78 is 4.79. The lowest BCUT2D eigenvalue weighted by Crippen LogP contribution is -2.23. The quantitative estimate of drug-likeness (QED) is 0.611. The lowest BCUT2D eigenvalue weighted by atomic mass is 10.1. The standard InChI is InChI=1S/C21H18ClN3O3/c1-28-21(27)17-7-3-5-9-19(17)25-16-10-15(11-23-13-16)20(26)24-12-14-6-2-4-8-18(14)22/h2-11,13,25H,12H2,1H3,(H,24,26). The molecular formula is C21H18ClN3O3. The highest BCUT2D eigenvalue weighted by Crippen LogP contribution is 2.22. The van der Waals surface area contributed by atoms with E-state index in [9.17, 15) is 9.59 Å². The Labute approximate surface area is 167 Å². The second-order valence-electron chi connectivity index (χ2n) is 5.90. The van der Waals surface area contributed by atoms with Gasteiger partial charge >= 0.3 is 5.97 Å². The van der Waals surface area contributed by atoms with Crippen molar-refractivity contribution >= 4 is 34.9 Å². The van der Waals surface area contributed by atoms with Crippen LogP contribution in [0, 0.1) is 0 Å². The number of carbonyl (C=O) groups is 2. The maximum absolute atomic E-state index is 12.5. The Morgan fingerprint density at radius 3 is 2.61 bits per heavy atom. The Balaban J connectivity index is 1.73. The summed E-state index contributed by atoms with van der Waals surface area (Å²) in [5.74, 6) is -0.734. The molecule has 28 heavy (non-hydrogen) atoms. The van der Waals surface area contributed by atoms with Crippen LogP contribution in [0.4, 0.5) is 11.4 Å².